The van der Waals surface area contributed by atoms with E-state index < -0.39 is 41.7 Å². The minimum Gasteiger partial charge on any atom is -0.480 e. The highest BCUT2D eigenvalue weighted by molar-refractivity contribution is 9.10. The Morgan fingerprint density at radius 3 is 1.26 bits per heavy atom. The first-order chi connectivity index (χ1) is 36.7. The number of halogens is 2. The Kier molecular flexibility index (Phi) is 26.9. The number of carbonyl (C=O) groups is 6. The second kappa shape index (κ2) is 30.8. The van der Waals surface area contributed by atoms with Crippen LogP contribution in [0, 0.1) is 0 Å². The van der Waals surface area contributed by atoms with Gasteiger partial charge in [-0.05, 0) is 125 Å². The number of benzene rings is 2. The van der Waals surface area contributed by atoms with Gasteiger partial charge >= 0.3 is 11.9 Å². The fourth-order valence-corrected chi connectivity index (χ4v) is 11.2. The largest absolute Gasteiger partial charge is 0.480 e. The van der Waals surface area contributed by atoms with E-state index in [4.69, 9.17) is 4.74 Å². The van der Waals surface area contributed by atoms with Crippen LogP contribution in [0.15, 0.2) is 107 Å². The normalized spacial score (nSPS) is 15.6. The number of carboxylic acid groups (broad SMARTS) is 1. The maximum absolute atomic E-state index is 14.0. The minimum absolute atomic E-state index is 0. The molecule has 4 atom stereocenters. The number of ether oxygens (including phenoxy) is 1. The van der Waals surface area contributed by atoms with Crippen LogP contribution >= 0.6 is 109 Å². The number of hydrogen-bond donors (Lipinski definition) is 3. The average molecular weight is 1360 g/mol. The van der Waals surface area contributed by atoms with E-state index in [9.17, 15) is 33.9 Å². The van der Waals surface area contributed by atoms with Gasteiger partial charge in [0, 0.05) is 71.6 Å². The molecule has 2 saturated heterocycles. The van der Waals surface area contributed by atoms with Crippen molar-refractivity contribution in [2.75, 3.05) is 13.1 Å². The third-order valence-electron chi connectivity index (χ3n) is 12.9. The zero-order chi connectivity index (χ0) is 56.7. The first-order valence-electron chi connectivity index (χ1n) is 25.8. The zero-order valence-corrected chi connectivity index (χ0v) is 56.1. The number of nitrogens with zero attached hydrogens (tertiary/aromatic N) is 6. The highest BCUT2D eigenvalue weighted by Crippen LogP contribution is 2.32. The summed E-state index contributed by atoms with van der Waals surface area (Å²) >= 11 is 9.50. The number of aromatic nitrogens is 4. The summed E-state index contributed by atoms with van der Waals surface area (Å²) in [5.74, 6) is -1.61. The highest BCUT2D eigenvalue weighted by Gasteiger charge is 2.41. The Labute approximate surface area is 533 Å². The van der Waals surface area contributed by atoms with Crippen molar-refractivity contribution in [3.05, 3.63) is 137 Å². The van der Waals surface area contributed by atoms with E-state index in [1.165, 1.54) is 27.6 Å². The van der Waals surface area contributed by atoms with Gasteiger partial charge in [0.05, 0.1) is 18.7 Å². The van der Waals surface area contributed by atoms with Crippen LogP contribution in [0.25, 0.3) is 22.8 Å². The van der Waals surface area contributed by atoms with Crippen molar-refractivity contribution in [2.24, 2.45) is 0 Å². The molecule has 4 amide bonds. The predicted octanol–water partition coefficient (Wildman–Crippen LogP) is 11.1. The van der Waals surface area contributed by atoms with Gasteiger partial charge < -0.3 is 30.3 Å². The van der Waals surface area contributed by atoms with Crippen LogP contribution in [-0.2, 0) is 47.6 Å². The van der Waals surface area contributed by atoms with Crippen molar-refractivity contribution in [1.29, 1.82) is 0 Å². The molecular weight excluding hydrogens is 1290 g/mol. The highest BCUT2D eigenvalue weighted by atomic mass is 79.9. The molecule has 6 aromatic rings. The third-order valence-corrected chi connectivity index (χ3v) is 16.8. The molecule has 2 aliphatic rings. The van der Waals surface area contributed by atoms with Gasteiger partial charge in [0.25, 0.3) is 11.8 Å². The van der Waals surface area contributed by atoms with Crippen molar-refractivity contribution < 1.29 is 38.6 Å². The summed E-state index contributed by atoms with van der Waals surface area (Å²) in [5, 5.41) is 15.5. The van der Waals surface area contributed by atoms with E-state index >= 15 is 0 Å². The van der Waals surface area contributed by atoms with Crippen molar-refractivity contribution >= 4 is 144 Å². The fourth-order valence-electron chi connectivity index (χ4n) is 8.89. The van der Waals surface area contributed by atoms with E-state index in [0.29, 0.717) is 60.2 Å². The lowest BCUT2D eigenvalue weighted by molar-refractivity contribution is -0.163. The van der Waals surface area contributed by atoms with Crippen LogP contribution in [-0.4, -0.2) is 113 Å². The molecule has 24 heteroatoms. The van der Waals surface area contributed by atoms with Crippen molar-refractivity contribution in [3.63, 3.8) is 0 Å². The van der Waals surface area contributed by atoms with E-state index in [1.807, 2.05) is 81.4 Å². The molecule has 82 heavy (non-hydrogen) atoms. The molecule has 8 rings (SSSR count). The second-order valence-corrected chi connectivity index (χ2v) is 26.4. The van der Waals surface area contributed by atoms with Crippen LogP contribution in [0.1, 0.15) is 128 Å². The Morgan fingerprint density at radius 1 is 0.573 bits per heavy atom. The number of rotatable bonds is 14. The number of carboxylic acids is 1. The van der Waals surface area contributed by atoms with Crippen molar-refractivity contribution in [3.8, 4) is 22.8 Å². The molecule has 16 nitrogen and oxygen atoms in total. The maximum Gasteiger partial charge on any atom is 0.329 e. The van der Waals surface area contributed by atoms with Crippen molar-refractivity contribution in [1.82, 2.24) is 40.4 Å². The number of nitrogens with one attached hydrogen (secondary N) is 2. The molecule has 4 aromatic heterocycles. The standard InChI is InChI=1S/C31H37BrN4O4S.C27H29BrN4O4S.4H2S/c1-30(2,3)25-14-13-24(41-25)27(37)35-22(28(38)36-15-7-8-23(36)29(39)40-31(4,5)6)16-19-9-11-20(12-10-19)26-33-17-21(32)18-34-26;1-27(2,3)22-11-10-21(37-22)24(33)31-19(25(34)32-12-4-5-20(32)26(35)36)13-16-6-8-17(9-7-16)23-29-14-18(28)15-30-23;;;;/h9-14,17-18,22-23H,7-8,15-16H2,1-6H3,(H,35,37);6-11,14-15,19-20H,4-5,12-13H2,1-3H3,(H,31,33)(H,35,36);4*1H2/t22-,23-;19-,20-;;;;/m00..../s1. The van der Waals surface area contributed by atoms with E-state index in [-0.39, 0.29) is 101 Å². The van der Waals surface area contributed by atoms with Gasteiger partial charge in [0.1, 0.15) is 29.8 Å². The number of likely N-dealkylation sites (tertiary alicyclic amines) is 2. The molecule has 3 N–H and O–H groups in total. The molecule has 0 radical (unpaired) electrons. The molecular formula is C58H74Br2N8O8S6. The topological polar surface area (TPSA) is 214 Å². The zero-order valence-electron chi connectivity index (χ0n) is 47.3. The van der Waals surface area contributed by atoms with E-state index in [1.54, 1.807) is 41.8 Å². The SMILES string of the molecule is CC(C)(C)OC(=O)[C@@H]1CCCN1C(=O)[C@H](Cc1ccc(-c2ncc(Br)cn2)cc1)NC(=O)c1ccc(C(C)(C)C)s1.CC(C)(C)c1ccc(C(=O)N[C@@H](Cc2ccc(-c3ncc(Br)cn3)cc2)C(=O)N2CCC[C@H]2C(=O)O)s1.S.S.S.S. The molecule has 0 spiro atoms. The molecule has 2 aromatic carbocycles. The van der Waals surface area contributed by atoms with Crippen LogP contribution in [0.5, 0.6) is 0 Å². The summed E-state index contributed by atoms with van der Waals surface area (Å²) in [4.78, 5) is 102. The van der Waals surface area contributed by atoms with Gasteiger partial charge in [0.2, 0.25) is 11.8 Å². The van der Waals surface area contributed by atoms with Gasteiger partial charge in [-0.25, -0.2) is 29.5 Å². The Balaban J connectivity index is 0.000000412. The van der Waals surface area contributed by atoms with Gasteiger partial charge in [-0.1, -0.05) is 90.1 Å². The second-order valence-electron chi connectivity index (χ2n) is 22.4. The quantitative estimate of drug-likeness (QED) is 0.0869. The Morgan fingerprint density at radius 2 is 0.927 bits per heavy atom. The summed E-state index contributed by atoms with van der Waals surface area (Å²) in [5.41, 5.74) is 2.50. The lowest BCUT2D eigenvalue weighted by atomic mass is 9.95. The van der Waals surface area contributed by atoms with Gasteiger partial charge in [0.15, 0.2) is 11.6 Å². The number of carbonyl (C=O) groups excluding carboxylic acids is 5. The number of thiophene rings is 2. The number of aliphatic carboxylic acids is 1. The van der Waals surface area contributed by atoms with Crippen molar-refractivity contribution in [2.45, 2.75) is 141 Å². The number of esters is 1. The fraction of sp³-hybridized carbons (Fsp3) is 0.414. The van der Waals surface area contributed by atoms with Gasteiger partial charge in [-0.15, -0.1) is 22.7 Å². The molecule has 6 heterocycles. The van der Waals surface area contributed by atoms with E-state index in [2.05, 4.69) is 104 Å². The van der Waals surface area contributed by atoms with Crippen LogP contribution < -0.4 is 10.6 Å². The first kappa shape index (κ1) is 71.4. The molecule has 0 bridgehead atoms. The molecule has 0 saturated carbocycles. The molecule has 0 unspecified atom stereocenters. The first-order valence-corrected chi connectivity index (χ1v) is 29.0. The maximum atomic E-state index is 14.0. The van der Waals surface area contributed by atoms with Gasteiger partial charge in [-0.2, -0.15) is 54.0 Å². The summed E-state index contributed by atoms with van der Waals surface area (Å²) < 4.78 is 7.19. The number of hydrogen-bond acceptors (Lipinski definition) is 13. The Hall–Kier alpha value is -4.82. The number of amides is 4. The smallest absolute Gasteiger partial charge is 0.329 e. The van der Waals surface area contributed by atoms with Gasteiger partial charge in [-0.3, -0.25) is 19.2 Å². The van der Waals surface area contributed by atoms with Crippen LogP contribution in [0.3, 0.4) is 0 Å². The summed E-state index contributed by atoms with van der Waals surface area (Å²) in [7, 11) is 0. The summed E-state index contributed by atoms with van der Waals surface area (Å²) in [6.07, 6.45) is 9.46. The third kappa shape index (κ3) is 19.4. The van der Waals surface area contributed by atoms with Crippen LogP contribution in [0.2, 0.25) is 0 Å². The average Bonchev–Trinajstić information content (AvgIpc) is 4.24. The minimum atomic E-state index is -1.03. The summed E-state index contributed by atoms with van der Waals surface area (Å²) in [6.45, 7) is 18.7. The molecule has 444 valence electrons. The molecule has 0 aliphatic carbocycles. The van der Waals surface area contributed by atoms with E-state index in [0.717, 1.165) is 41.0 Å². The monoisotopic (exact) mass is 1360 g/mol. The molecule has 2 fully saturated rings. The summed E-state index contributed by atoms with van der Waals surface area (Å²) in [6, 6.07) is 19.2. The lowest BCUT2D eigenvalue weighted by Gasteiger charge is -2.30. The lowest BCUT2D eigenvalue weighted by Crippen LogP contribution is -2.53. The van der Waals surface area contributed by atoms with Crippen LogP contribution in [0.4, 0.5) is 0 Å². The Bertz CT molecular complexity index is 3110. The molecule has 2 aliphatic heterocycles. The predicted molar refractivity (Wildman–Crippen MR) is 351 cm³/mol.